The number of aromatic nitrogens is 1. The third-order valence-corrected chi connectivity index (χ3v) is 4.58. The first-order valence-corrected chi connectivity index (χ1v) is 8.31. The van der Waals surface area contributed by atoms with Crippen LogP contribution in [0.15, 0.2) is 22.7 Å². The summed E-state index contributed by atoms with van der Waals surface area (Å²) in [4.78, 5) is 16.0. The topological polar surface area (TPSA) is 49.6 Å². The number of rotatable bonds is 6. The minimum atomic E-state index is 0.0235. The van der Waals surface area contributed by atoms with Gasteiger partial charge < -0.3 is 9.42 Å². The van der Waals surface area contributed by atoms with Gasteiger partial charge in [0, 0.05) is 25.7 Å². The fourth-order valence-corrected chi connectivity index (χ4v) is 2.73. The molecule has 2 rings (SSSR count). The van der Waals surface area contributed by atoms with E-state index in [1.165, 1.54) is 0 Å². The van der Waals surface area contributed by atoms with Gasteiger partial charge in [-0.15, -0.1) is 0 Å². The minimum absolute atomic E-state index is 0.0235. The second-order valence-electron chi connectivity index (χ2n) is 5.97. The van der Waals surface area contributed by atoms with Gasteiger partial charge in [-0.05, 0) is 38.6 Å². The molecular formula is C17H21Cl2N3O2. The average Bonchev–Trinajstić information content (AvgIpc) is 2.82. The Bertz CT molecular complexity index is 711. The molecule has 0 fully saturated rings. The third-order valence-electron chi connectivity index (χ3n) is 3.84. The van der Waals surface area contributed by atoms with Crippen molar-refractivity contribution in [1.29, 1.82) is 0 Å². The molecule has 0 aliphatic rings. The smallest absolute Gasteiger partial charge is 0.236 e. The van der Waals surface area contributed by atoms with Crippen LogP contribution in [-0.4, -0.2) is 41.5 Å². The van der Waals surface area contributed by atoms with Crippen LogP contribution in [0, 0.1) is 13.8 Å². The fraction of sp³-hybridized carbons (Fsp3) is 0.412. The molecule has 0 unspecified atom stereocenters. The van der Waals surface area contributed by atoms with E-state index in [1.54, 1.807) is 24.1 Å². The second kappa shape index (κ2) is 8.01. The second-order valence-corrected chi connectivity index (χ2v) is 6.79. The van der Waals surface area contributed by atoms with Crippen molar-refractivity contribution in [2.45, 2.75) is 26.9 Å². The molecule has 130 valence electrons. The number of amides is 1. The molecule has 0 saturated heterocycles. The summed E-state index contributed by atoms with van der Waals surface area (Å²) >= 11 is 11.9. The Hall–Kier alpha value is -1.56. The highest BCUT2D eigenvalue weighted by Crippen LogP contribution is 2.23. The molecule has 2 aromatic rings. The fourth-order valence-electron chi connectivity index (χ4n) is 2.41. The highest BCUT2D eigenvalue weighted by atomic mass is 35.5. The van der Waals surface area contributed by atoms with Crippen LogP contribution >= 0.6 is 23.2 Å². The van der Waals surface area contributed by atoms with Crippen LogP contribution in [0.2, 0.25) is 10.0 Å². The molecule has 1 aromatic carbocycles. The number of benzene rings is 1. The van der Waals surface area contributed by atoms with E-state index < -0.39 is 0 Å². The summed E-state index contributed by atoms with van der Waals surface area (Å²) in [7, 11) is 3.67. The zero-order valence-corrected chi connectivity index (χ0v) is 15.8. The van der Waals surface area contributed by atoms with Gasteiger partial charge in [0.05, 0.1) is 22.3 Å². The van der Waals surface area contributed by atoms with E-state index in [-0.39, 0.29) is 5.91 Å². The standard InChI is InChI=1S/C17H21Cl2N3O2/c1-11-14(12(2)24-20-11)9-21(3)10-17(23)22(4)8-13-5-6-15(18)16(19)7-13/h5-7H,8-10H2,1-4H3. The Kier molecular flexibility index (Phi) is 6.27. The number of nitrogens with zero attached hydrogens (tertiary/aromatic N) is 3. The monoisotopic (exact) mass is 369 g/mol. The summed E-state index contributed by atoms with van der Waals surface area (Å²) in [5, 5.41) is 4.93. The lowest BCUT2D eigenvalue weighted by atomic mass is 10.2. The number of aryl methyl sites for hydroxylation is 2. The molecule has 1 aromatic heterocycles. The molecule has 0 aliphatic heterocycles. The highest BCUT2D eigenvalue weighted by molar-refractivity contribution is 6.42. The summed E-state index contributed by atoms with van der Waals surface area (Å²) in [5.41, 5.74) is 2.82. The van der Waals surface area contributed by atoms with Crippen molar-refractivity contribution >= 4 is 29.1 Å². The van der Waals surface area contributed by atoms with Crippen molar-refractivity contribution < 1.29 is 9.32 Å². The average molecular weight is 370 g/mol. The Morgan fingerprint density at radius 1 is 1.17 bits per heavy atom. The van der Waals surface area contributed by atoms with E-state index in [2.05, 4.69) is 5.16 Å². The molecule has 0 N–H and O–H groups in total. The largest absolute Gasteiger partial charge is 0.361 e. The SMILES string of the molecule is Cc1noc(C)c1CN(C)CC(=O)N(C)Cc1ccc(Cl)c(Cl)c1. The maximum atomic E-state index is 12.4. The van der Waals surface area contributed by atoms with Gasteiger partial charge in [0.2, 0.25) is 5.91 Å². The molecule has 0 atom stereocenters. The first-order chi connectivity index (χ1) is 11.3. The zero-order valence-electron chi connectivity index (χ0n) is 14.3. The van der Waals surface area contributed by atoms with Gasteiger partial charge in [0.15, 0.2) is 0 Å². The number of likely N-dealkylation sites (N-methyl/N-ethyl adjacent to an activating group) is 2. The van der Waals surface area contributed by atoms with Crippen LogP contribution in [0.5, 0.6) is 0 Å². The minimum Gasteiger partial charge on any atom is -0.361 e. The predicted molar refractivity (Wildman–Crippen MR) is 95.2 cm³/mol. The molecule has 0 bridgehead atoms. The molecule has 1 heterocycles. The number of hydrogen-bond acceptors (Lipinski definition) is 4. The molecule has 0 radical (unpaired) electrons. The zero-order chi connectivity index (χ0) is 17.9. The molecule has 0 saturated carbocycles. The summed E-state index contributed by atoms with van der Waals surface area (Å²) in [6.45, 7) is 5.18. The van der Waals surface area contributed by atoms with E-state index in [9.17, 15) is 4.79 Å². The predicted octanol–water partition coefficient (Wildman–Crippen LogP) is 3.69. The van der Waals surface area contributed by atoms with E-state index in [0.717, 1.165) is 22.6 Å². The summed E-state index contributed by atoms with van der Waals surface area (Å²) in [6, 6.07) is 5.38. The van der Waals surface area contributed by atoms with Crippen LogP contribution in [0.1, 0.15) is 22.6 Å². The highest BCUT2D eigenvalue weighted by Gasteiger charge is 2.16. The van der Waals surface area contributed by atoms with Gasteiger partial charge in [0.1, 0.15) is 5.76 Å². The quantitative estimate of drug-likeness (QED) is 0.778. The lowest BCUT2D eigenvalue weighted by Crippen LogP contribution is -2.36. The van der Waals surface area contributed by atoms with E-state index in [0.29, 0.717) is 29.7 Å². The molecular weight excluding hydrogens is 349 g/mol. The molecule has 24 heavy (non-hydrogen) atoms. The van der Waals surface area contributed by atoms with E-state index in [4.69, 9.17) is 27.7 Å². The Labute approximate surface area is 152 Å². The Balaban J connectivity index is 1.92. The van der Waals surface area contributed by atoms with Crippen LogP contribution in [-0.2, 0) is 17.9 Å². The van der Waals surface area contributed by atoms with Gasteiger partial charge >= 0.3 is 0 Å². The van der Waals surface area contributed by atoms with Crippen molar-refractivity contribution in [1.82, 2.24) is 15.0 Å². The lowest BCUT2D eigenvalue weighted by molar-refractivity contribution is -0.131. The maximum Gasteiger partial charge on any atom is 0.236 e. The first-order valence-electron chi connectivity index (χ1n) is 7.56. The Morgan fingerprint density at radius 3 is 2.46 bits per heavy atom. The molecule has 7 heteroatoms. The van der Waals surface area contributed by atoms with Crippen molar-refractivity contribution in [3.63, 3.8) is 0 Å². The molecule has 0 spiro atoms. The summed E-state index contributed by atoms with van der Waals surface area (Å²) in [5.74, 6) is 0.811. The normalized spacial score (nSPS) is 11.1. The lowest BCUT2D eigenvalue weighted by Gasteiger charge is -2.22. The van der Waals surface area contributed by atoms with Crippen LogP contribution in [0.4, 0.5) is 0 Å². The van der Waals surface area contributed by atoms with Crippen molar-refractivity contribution in [3.8, 4) is 0 Å². The van der Waals surface area contributed by atoms with Gasteiger partial charge in [-0.2, -0.15) is 0 Å². The van der Waals surface area contributed by atoms with Crippen molar-refractivity contribution in [3.05, 3.63) is 50.8 Å². The summed E-state index contributed by atoms with van der Waals surface area (Å²) < 4.78 is 5.15. The van der Waals surface area contributed by atoms with Gasteiger partial charge in [0.25, 0.3) is 0 Å². The van der Waals surface area contributed by atoms with Crippen LogP contribution in [0.3, 0.4) is 0 Å². The number of halogens is 2. The van der Waals surface area contributed by atoms with Crippen LogP contribution in [0.25, 0.3) is 0 Å². The van der Waals surface area contributed by atoms with E-state index in [1.807, 2.05) is 31.9 Å². The van der Waals surface area contributed by atoms with Gasteiger partial charge in [-0.25, -0.2) is 0 Å². The number of carbonyl (C=O) groups excluding carboxylic acids is 1. The van der Waals surface area contributed by atoms with Crippen molar-refractivity contribution in [2.24, 2.45) is 0 Å². The van der Waals surface area contributed by atoms with Crippen molar-refractivity contribution in [2.75, 3.05) is 20.6 Å². The number of hydrogen-bond donors (Lipinski definition) is 0. The molecule has 5 nitrogen and oxygen atoms in total. The number of carbonyl (C=O) groups is 1. The van der Waals surface area contributed by atoms with Crippen LogP contribution < -0.4 is 0 Å². The maximum absolute atomic E-state index is 12.4. The first kappa shape index (κ1) is 18.8. The molecule has 0 aliphatic carbocycles. The van der Waals surface area contributed by atoms with Gasteiger partial charge in [-0.1, -0.05) is 34.4 Å². The molecule has 1 amide bonds. The third kappa shape index (κ3) is 4.72. The van der Waals surface area contributed by atoms with E-state index >= 15 is 0 Å². The Morgan fingerprint density at radius 2 is 1.88 bits per heavy atom. The summed E-state index contributed by atoms with van der Waals surface area (Å²) in [6.07, 6.45) is 0. The van der Waals surface area contributed by atoms with Gasteiger partial charge in [-0.3, -0.25) is 9.69 Å².